The zero-order chi connectivity index (χ0) is 13.0. The van der Waals surface area contributed by atoms with Gasteiger partial charge in [-0.3, -0.25) is 4.79 Å². The number of nitrogens with zero attached hydrogens (tertiary/aromatic N) is 1. The number of aliphatic hydroxyl groups is 1. The molecule has 4 heteroatoms. The number of hydrogen-bond donors (Lipinski definition) is 1. The van der Waals surface area contributed by atoms with Crippen LogP contribution in [0.4, 0.5) is 0 Å². The van der Waals surface area contributed by atoms with E-state index in [9.17, 15) is 9.90 Å². The van der Waals surface area contributed by atoms with Gasteiger partial charge in [0.2, 0.25) is 5.91 Å². The zero-order valence-electron chi connectivity index (χ0n) is 10.6. The van der Waals surface area contributed by atoms with Gasteiger partial charge in [0.05, 0.1) is 11.9 Å². The summed E-state index contributed by atoms with van der Waals surface area (Å²) in [5.74, 6) is 1.51. The fourth-order valence-corrected chi connectivity index (χ4v) is 2.99. The van der Waals surface area contributed by atoms with Crippen LogP contribution in [0, 0.1) is 6.92 Å². The fourth-order valence-electron chi connectivity index (χ4n) is 2.12. The number of aliphatic hydroxyl groups excluding tert-OH is 1. The Hall–Kier alpha value is -1.00. The number of benzene rings is 1. The summed E-state index contributed by atoms with van der Waals surface area (Å²) >= 11 is 1.64. The smallest absolute Gasteiger partial charge is 0.232 e. The van der Waals surface area contributed by atoms with Gasteiger partial charge in [0.25, 0.3) is 0 Å². The van der Waals surface area contributed by atoms with Crippen molar-refractivity contribution < 1.29 is 9.90 Å². The molecule has 1 aromatic rings. The molecule has 98 valence electrons. The van der Waals surface area contributed by atoms with Gasteiger partial charge in [-0.2, -0.15) is 0 Å². The Labute approximate surface area is 112 Å². The van der Waals surface area contributed by atoms with Gasteiger partial charge >= 0.3 is 0 Å². The van der Waals surface area contributed by atoms with E-state index in [2.05, 4.69) is 25.1 Å². The number of carbonyl (C=O) groups excluding carboxylic acids is 1. The minimum atomic E-state index is -0.323. The lowest BCUT2D eigenvalue weighted by atomic mass is 10.2. The van der Waals surface area contributed by atoms with Crippen molar-refractivity contribution >= 4 is 17.7 Å². The highest BCUT2D eigenvalue weighted by Crippen LogP contribution is 2.16. The molecule has 1 heterocycles. The van der Waals surface area contributed by atoms with E-state index in [1.54, 1.807) is 16.7 Å². The largest absolute Gasteiger partial charge is 0.391 e. The highest BCUT2D eigenvalue weighted by molar-refractivity contribution is 7.99. The third kappa shape index (κ3) is 3.75. The van der Waals surface area contributed by atoms with Gasteiger partial charge in [0, 0.05) is 18.8 Å². The molecule has 0 aromatic heterocycles. The average Bonchev–Trinajstić information content (AvgIpc) is 2.76. The molecule has 0 bridgehead atoms. The number of hydrogen-bond acceptors (Lipinski definition) is 3. The van der Waals surface area contributed by atoms with Crippen LogP contribution in [-0.4, -0.2) is 40.9 Å². The van der Waals surface area contributed by atoms with Crippen LogP contribution < -0.4 is 0 Å². The van der Waals surface area contributed by atoms with Crippen LogP contribution in [0.25, 0.3) is 0 Å². The van der Waals surface area contributed by atoms with Crippen molar-refractivity contribution in [3.8, 4) is 0 Å². The van der Waals surface area contributed by atoms with E-state index < -0.39 is 0 Å². The van der Waals surface area contributed by atoms with Crippen LogP contribution in [0.1, 0.15) is 17.5 Å². The van der Waals surface area contributed by atoms with Crippen LogP contribution in [0.15, 0.2) is 24.3 Å². The first-order chi connectivity index (χ1) is 8.65. The predicted molar refractivity (Wildman–Crippen MR) is 74.5 cm³/mol. The molecule has 1 aliphatic rings. The van der Waals surface area contributed by atoms with E-state index in [0.717, 1.165) is 5.75 Å². The van der Waals surface area contributed by atoms with E-state index in [1.165, 1.54) is 11.1 Å². The number of rotatable bonds is 4. The Kier molecular flexibility index (Phi) is 4.66. The molecular weight excluding hydrogens is 246 g/mol. The predicted octanol–water partition coefficient (Wildman–Crippen LogP) is 1.82. The van der Waals surface area contributed by atoms with Crippen molar-refractivity contribution in [2.24, 2.45) is 0 Å². The summed E-state index contributed by atoms with van der Waals surface area (Å²) in [6.45, 7) is 3.28. The normalized spacial score (nSPS) is 19.2. The van der Waals surface area contributed by atoms with Crippen LogP contribution in [0.2, 0.25) is 0 Å². The van der Waals surface area contributed by atoms with Crippen molar-refractivity contribution in [1.82, 2.24) is 4.90 Å². The maximum absolute atomic E-state index is 11.8. The lowest BCUT2D eigenvalue weighted by Crippen LogP contribution is -2.30. The van der Waals surface area contributed by atoms with Crippen LogP contribution >= 0.6 is 11.8 Å². The third-order valence-electron chi connectivity index (χ3n) is 3.09. The SMILES string of the molecule is Cc1cccc(CSCC(=O)N2CC[C@@H](O)C2)c1. The molecule has 18 heavy (non-hydrogen) atoms. The Bertz CT molecular complexity index is 422. The van der Waals surface area contributed by atoms with Gasteiger partial charge in [-0.1, -0.05) is 29.8 Å². The summed E-state index contributed by atoms with van der Waals surface area (Å²) in [5.41, 5.74) is 2.51. The Balaban J connectivity index is 1.73. The number of thioether (sulfide) groups is 1. The van der Waals surface area contributed by atoms with Crippen LogP contribution in [0.5, 0.6) is 0 Å². The second-order valence-corrected chi connectivity index (χ2v) is 5.75. The topological polar surface area (TPSA) is 40.5 Å². The van der Waals surface area contributed by atoms with Gasteiger partial charge < -0.3 is 10.0 Å². The van der Waals surface area contributed by atoms with Crippen molar-refractivity contribution in [1.29, 1.82) is 0 Å². The van der Waals surface area contributed by atoms with Crippen molar-refractivity contribution in [3.05, 3.63) is 35.4 Å². The molecule has 0 radical (unpaired) electrons. The van der Waals surface area contributed by atoms with Crippen molar-refractivity contribution in [2.75, 3.05) is 18.8 Å². The lowest BCUT2D eigenvalue weighted by Gasteiger charge is -2.15. The molecule has 1 amide bonds. The van der Waals surface area contributed by atoms with Crippen LogP contribution in [-0.2, 0) is 10.5 Å². The average molecular weight is 265 g/mol. The number of amides is 1. The highest BCUT2D eigenvalue weighted by atomic mass is 32.2. The second-order valence-electron chi connectivity index (χ2n) is 4.76. The van der Waals surface area contributed by atoms with Crippen molar-refractivity contribution in [3.63, 3.8) is 0 Å². The lowest BCUT2D eigenvalue weighted by molar-refractivity contribution is -0.127. The summed E-state index contributed by atoms with van der Waals surface area (Å²) in [5, 5.41) is 9.38. The van der Waals surface area contributed by atoms with E-state index in [4.69, 9.17) is 0 Å². The Morgan fingerprint density at radius 3 is 3.06 bits per heavy atom. The number of β-amino-alcohol motifs (C(OH)–C–C–N with tert-alkyl or cyclic N) is 1. The van der Waals surface area contributed by atoms with Crippen molar-refractivity contribution in [2.45, 2.75) is 25.2 Å². The number of aryl methyl sites for hydroxylation is 1. The van der Waals surface area contributed by atoms with Gasteiger partial charge in [-0.25, -0.2) is 0 Å². The first-order valence-corrected chi connectivity index (χ1v) is 7.40. The molecule has 1 N–H and O–H groups in total. The molecule has 1 fully saturated rings. The number of carbonyl (C=O) groups is 1. The van der Waals surface area contributed by atoms with E-state index >= 15 is 0 Å². The Morgan fingerprint density at radius 1 is 1.56 bits per heavy atom. The molecule has 0 spiro atoms. The molecular formula is C14H19NO2S. The molecule has 0 unspecified atom stereocenters. The second kappa shape index (κ2) is 6.25. The maximum Gasteiger partial charge on any atom is 0.232 e. The number of likely N-dealkylation sites (tertiary alicyclic amines) is 1. The van der Waals surface area contributed by atoms with Crippen LogP contribution in [0.3, 0.4) is 0 Å². The van der Waals surface area contributed by atoms with E-state index in [-0.39, 0.29) is 12.0 Å². The monoisotopic (exact) mass is 265 g/mol. The molecule has 1 atom stereocenters. The first-order valence-electron chi connectivity index (χ1n) is 6.24. The standard InChI is InChI=1S/C14H19NO2S/c1-11-3-2-4-12(7-11)9-18-10-14(17)15-6-5-13(16)8-15/h2-4,7,13,16H,5-6,8-10H2,1H3/t13-/m1/s1. The van der Waals surface area contributed by atoms with Gasteiger partial charge in [0.1, 0.15) is 0 Å². The first kappa shape index (κ1) is 13.4. The molecule has 0 aliphatic carbocycles. The fraction of sp³-hybridized carbons (Fsp3) is 0.500. The summed E-state index contributed by atoms with van der Waals surface area (Å²) < 4.78 is 0. The quantitative estimate of drug-likeness (QED) is 0.903. The molecule has 1 saturated heterocycles. The minimum absolute atomic E-state index is 0.143. The summed E-state index contributed by atoms with van der Waals surface area (Å²) in [6, 6.07) is 8.36. The summed E-state index contributed by atoms with van der Waals surface area (Å²) in [6.07, 6.45) is 0.393. The molecule has 0 saturated carbocycles. The highest BCUT2D eigenvalue weighted by Gasteiger charge is 2.23. The summed E-state index contributed by atoms with van der Waals surface area (Å²) in [4.78, 5) is 13.6. The third-order valence-corrected chi connectivity index (χ3v) is 4.08. The molecule has 1 aliphatic heterocycles. The van der Waals surface area contributed by atoms with Gasteiger partial charge in [0.15, 0.2) is 0 Å². The minimum Gasteiger partial charge on any atom is -0.391 e. The molecule has 3 nitrogen and oxygen atoms in total. The zero-order valence-corrected chi connectivity index (χ0v) is 11.4. The Morgan fingerprint density at radius 2 is 2.39 bits per heavy atom. The summed E-state index contributed by atoms with van der Waals surface area (Å²) in [7, 11) is 0. The van der Waals surface area contributed by atoms with Gasteiger partial charge in [-0.05, 0) is 18.9 Å². The molecule has 2 rings (SSSR count). The van der Waals surface area contributed by atoms with Gasteiger partial charge in [-0.15, -0.1) is 11.8 Å². The maximum atomic E-state index is 11.8. The molecule has 1 aromatic carbocycles. The van der Waals surface area contributed by atoms with E-state index in [0.29, 0.717) is 25.3 Å². The van der Waals surface area contributed by atoms with E-state index in [1.807, 2.05) is 6.07 Å².